The number of amidine groups is 1. The van der Waals surface area contributed by atoms with E-state index in [2.05, 4.69) is 43.1 Å². The summed E-state index contributed by atoms with van der Waals surface area (Å²) in [4.78, 5) is 2.32. The Morgan fingerprint density at radius 3 is 2.37 bits per heavy atom. The third-order valence-electron chi connectivity index (χ3n) is 3.64. The van der Waals surface area contributed by atoms with Crippen molar-refractivity contribution in [2.24, 2.45) is 11.1 Å². The Morgan fingerprint density at radius 1 is 1.26 bits per heavy atom. The quantitative estimate of drug-likeness (QED) is 0.585. The zero-order chi connectivity index (χ0) is 14.5. The number of benzene rings is 1. The van der Waals surface area contributed by atoms with Gasteiger partial charge in [0.2, 0.25) is 0 Å². The van der Waals surface area contributed by atoms with Gasteiger partial charge in [-0.15, -0.1) is 0 Å². The van der Waals surface area contributed by atoms with E-state index in [4.69, 9.17) is 11.1 Å². The molecule has 0 spiro atoms. The van der Waals surface area contributed by atoms with Crippen LogP contribution in [0.15, 0.2) is 24.3 Å². The average Bonchev–Trinajstić information content (AvgIpc) is 2.31. The van der Waals surface area contributed by atoms with Gasteiger partial charge in [0, 0.05) is 12.0 Å². The molecule has 106 valence electrons. The van der Waals surface area contributed by atoms with Crippen LogP contribution in [-0.4, -0.2) is 24.3 Å². The van der Waals surface area contributed by atoms with Crippen molar-refractivity contribution in [2.45, 2.75) is 40.2 Å². The Labute approximate surface area is 117 Å². The van der Waals surface area contributed by atoms with Gasteiger partial charge >= 0.3 is 0 Å². The molecule has 1 aromatic rings. The third-order valence-corrected chi connectivity index (χ3v) is 3.64. The summed E-state index contributed by atoms with van der Waals surface area (Å²) in [5.74, 6) is 0.286. The topological polar surface area (TPSA) is 53.1 Å². The molecule has 19 heavy (non-hydrogen) atoms. The summed E-state index contributed by atoms with van der Waals surface area (Å²) in [6, 6.07) is 8.68. The third kappa shape index (κ3) is 5.43. The number of hydrogen-bond acceptors (Lipinski definition) is 2. The summed E-state index contributed by atoms with van der Waals surface area (Å²) >= 11 is 0. The highest BCUT2D eigenvalue weighted by Gasteiger charge is 2.20. The van der Waals surface area contributed by atoms with Crippen LogP contribution >= 0.6 is 0 Å². The number of nitrogens with one attached hydrogen (secondary N) is 1. The summed E-state index contributed by atoms with van der Waals surface area (Å²) < 4.78 is 0. The molecule has 0 aliphatic heterocycles. The molecule has 0 aromatic heterocycles. The highest BCUT2D eigenvalue weighted by atomic mass is 15.1. The smallest absolute Gasteiger partial charge is 0.0963 e. The van der Waals surface area contributed by atoms with Gasteiger partial charge in [0.1, 0.15) is 0 Å². The van der Waals surface area contributed by atoms with Crippen molar-refractivity contribution in [3.63, 3.8) is 0 Å². The van der Waals surface area contributed by atoms with Gasteiger partial charge in [-0.2, -0.15) is 0 Å². The Morgan fingerprint density at radius 2 is 1.84 bits per heavy atom. The molecule has 0 heterocycles. The highest BCUT2D eigenvalue weighted by molar-refractivity contribution is 5.82. The predicted octanol–water partition coefficient (Wildman–Crippen LogP) is 3.17. The number of rotatable bonds is 7. The van der Waals surface area contributed by atoms with Crippen LogP contribution in [0.5, 0.6) is 0 Å². The molecule has 3 nitrogen and oxygen atoms in total. The second-order valence-electron chi connectivity index (χ2n) is 6.12. The molecule has 0 amide bonds. The van der Waals surface area contributed by atoms with Gasteiger partial charge in [-0.1, -0.05) is 43.7 Å². The maximum absolute atomic E-state index is 7.55. The van der Waals surface area contributed by atoms with Gasteiger partial charge in [-0.05, 0) is 38.9 Å². The minimum Gasteiger partial charge on any atom is -0.387 e. The Balaban J connectivity index is 2.34. The van der Waals surface area contributed by atoms with E-state index in [1.165, 1.54) is 11.1 Å². The minimum absolute atomic E-state index is 0.176. The molecule has 1 rings (SSSR count). The summed E-state index contributed by atoms with van der Waals surface area (Å²) in [6.45, 7) is 8.19. The maximum atomic E-state index is 7.55. The minimum atomic E-state index is -0.176. The van der Waals surface area contributed by atoms with Crippen LogP contribution in [0.2, 0.25) is 0 Å². The van der Waals surface area contributed by atoms with Gasteiger partial charge < -0.3 is 10.6 Å². The van der Waals surface area contributed by atoms with Crippen LogP contribution in [0.1, 0.15) is 37.8 Å². The first-order chi connectivity index (χ1) is 8.81. The fourth-order valence-corrected chi connectivity index (χ4v) is 2.01. The first-order valence-electron chi connectivity index (χ1n) is 6.90. The lowest BCUT2D eigenvalue weighted by molar-refractivity contribution is 0.300. The van der Waals surface area contributed by atoms with E-state index in [-0.39, 0.29) is 11.3 Å². The number of nitrogens with zero attached hydrogens (tertiary/aromatic N) is 1. The zero-order valence-electron chi connectivity index (χ0n) is 12.7. The molecule has 0 saturated heterocycles. The van der Waals surface area contributed by atoms with E-state index in [0.717, 1.165) is 25.9 Å². The van der Waals surface area contributed by atoms with Crippen LogP contribution in [-0.2, 0) is 6.54 Å². The first kappa shape index (κ1) is 15.7. The van der Waals surface area contributed by atoms with Crippen molar-refractivity contribution in [1.82, 2.24) is 4.90 Å². The molecule has 3 N–H and O–H groups in total. The van der Waals surface area contributed by atoms with Gasteiger partial charge in [-0.25, -0.2) is 0 Å². The second kappa shape index (κ2) is 6.71. The summed E-state index contributed by atoms with van der Waals surface area (Å²) in [5, 5.41) is 7.55. The molecule has 0 unspecified atom stereocenters. The Hall–Kier alpha value is -1.35. The van der Waals surface area contributed by atoms with Crippen LogP contribution in [0.3, 0.4) is 0 Å². The van der Waals surface area contributed by atoms with Crippen LogP contribution in [0, 0.1) is 17.7 Å². The first-order valence-corrected chi connectivity index (χ1v) is 6.90. The molecule has 0 radical (unpaired) electrons. The Kier molecular flexibility index (Phi) is 5.55. The molecule has 0 aliphatic rings. The van der Waals surface area contributed by atoms with Crippen LogP contribution in [0.25, 0.3) is 0 Å². The lowest BCUT2D eigenvalue weighted by Crippen LogP contribution is -2.31. The molecular weight excluding hydrogens is 234 g/mol. The molecule has 0 fully saturated rings. The summed E-state index contributed by atoms with van der Waals surface area (Å²) in [6.07, 6.45) is 2.02. The SMILES string of the molecule is Cc1ccc(CN(C)CCCC(C)(C)C(=N)N)cc1. The van der Waals surface area contributed by atoms with E-state index in [0.29, 0.717) is 0 Å². The molecule has 3 heteroatoms. The molecule has 0 saturated carbocycles. The van der Waals surface area contributed by atoms with Gasteiger partial charge in [0.25, 0.3) is 0 Å². The van der Waals surface area contributed by atoms with Crippen LogP contribution in [0.4, 0.5) is 0 Å². The van der Waals surface area contributed by atoms with Crippen molar-refractivity contribution in [2.75, 3.05) is 13.6 Å². The van der Waals surface area contributed by atoms with Crippen LogP contribution < -0.4 is 5.73 Å². The largest absolute Gasteiger partial charge is 0.387 e. The Bertz CT molecular complexity index is 407. The second-order valence-corrected chi connectivity index (χ2v) is 6.12. The fourth-order valence-electron chi connectivity index (χ4n) is 2.01. The van der Waals surface area contributed by atoms with Crippen molar-refractivity contribution in [3.8, 4) is 0 Å². The lowest BCUT2D eigenvalue weighted by Gasteiger charge is -2.24. The van der Waals surface area contributed by atoms with E-state index < -0.39 is 0 Å². The fraction of sp³-hybridized carbons (Fsp3) is 0.562. The standard InChI is InChI=1S/C16H27N3/c1-13-6-8-14(9-7-13)12-19(4)11-5-10-16(2,3)15(17)18/h6-9H,5,10-12H2,1-4H3,(H3,17,18). The number of hydrogen-bond donors (Lipinski definition) is 2. The van der Waals surface area contributed by atoms with Crippen molar-refractivity contribution < 1.29 is 0 Å². The van der Waals surface area contributed by atoms with Crippen molar-refractivity contribution in [3.05, 3.63) is 35.4 Å². The van der Waals surface area contributed by atoms with Crippen molar-refractivity contribution >= 4 is 5.84 Å². The van der Waals surface area contributed by atoms with E-state index in [9.17, 15) is 0 Å². The summed E-state index contributed by atoms with van der Waals surface area (Å²) in [5.41, 5.74) is 8.07. The maximum Gasteiger partial charge on any atom is 0.0963 e. The van der Waals surface area contributed by atoms with E-state index in [1.807, 2.05) is 13.8 Å². The van der Waals surface area contributed by atoms with Gasteiger partial charge in [0.05, 0.1) is 5.84 Å². The summed E-state index contributed by atoms with van der Waals surface area (Å²) in [7, 11) is 2.14. The van der Waals surface area contributed by atoms with Crippen molar-refractivity contribution in [1.29, 1.82) is 5.41 Å². The monoisotopic (exact) mass is 261 g/mol. The van der Waals surface area contributed by atoms with E-state index in [1.54, 1.807) is 0 Å². The molecular formula is C16H27N3. The molecule has 1 aromatic carbocycles. The van der Waals surface area contributed by atoms with Gasteiger partial charge in [0.15, 0.2) is 0 Å². The highest BCUT2D eigenvalue weighted by Crippen LogP contribution is 2.21. The molecule has 0 atom stereocenters. The molecule has 0 aliphatic carbocycles. The zero-order valence-corrected chi connectivity index (χ0v) is 12.7. The number of aryl methyl sites for hydroxylation is 1. The number of nitrogens with two attached hydrogens (primary N) is 1. The van der Waals surface area contributed by atoms with Gasteiger partial charge in [-0.3, -0.25) is 5.41 Å². The van der Waals surface area contributed by atoms with E-state index >= 15 is 0 Å². The predicted molar refractivity (Wildman–Crippen MR) is 82.4 cm³/mol. The average molecular weight is 261 g/mol. The lowest BCUT2D eigenvalue weighted by atomic mass is 9.86. The normalized spacial score (nSPS) is 11.8. The molecule has 0 bridgehead atoms.